The summed E-state index contributed by atoms with van der Waals surface area (Å²) in [7, 11) is 0. The van der Waals surface area contributed by atoms with Crippen LogP contribution in [0.25, 0.3) is 0 Å². The van der Waals surface area contributed by atoms with Crippen LogP contribution in [0.15, 0.2) is 24.3 Å². The molecule has 0 spiro atoms. The Hall–Kier alpha value is -0.630. The van der Waals surface area contributed by atoms with Gasteiger partial charge in [0.1, 0.15) is 6.29 Å². The Labute approximate surface area is 80.9 Å². The van der Waals surface area contributed by atoms with Crippen LogP contribution in [0.5, 0.6) is 0 Å². The summed E-state index contributed by atoms with van der Waals surface area (Å²) in [6.07, 6.45) is 1.93. The standard InChI is InChI=1S/C10H11BrO/c1-2-8-3-5-9(6-4-8)10(11)7-12/h3-7,10H,2H2,1H3. The number of benzene rings is 1. The molecule has 1 aromatic carbocycles. The van der Waals surface area contributed by atoms with Gasteiger partial charge in [-0.2, -0.15) is 0 Å². The molecule has 0 saturated carbocycles. The van der Waals surface area contributed by atoms with Gasteiger partial charge in [0.25, 0.3) is 0 Å². The Kier molecular flexibility index (Phi) is 3.48. The van der Waals surface area contributed by atoms with Crippen molar-refractivity contribution in [1.29, 1.82) is 0 Å². The predicted octanol–water partition coefficient (Wildman–Crippen LogP) is 2.88. The molecule has 0 aromatic heterocycles. The molecule has 0 saturated heterocycles. The monoisotopic (exact) mass is 226 g/mol. The van der Waals surface area contributed by atoms with Crippen LogP contribution in [0.4, 0.5) is 0 Å². The zero-order valence-electron chi connectivity index (χ0n) is 6.96. The molecule has 0 N–H and O–H groups in total. The largest absolute Gasteiger partial charge is 0.302 e. The summed E-state index contributed by atoms with van der Waals surface area (Å²) in [4.78, 5) is 10.2. The van der Waals surface area contributed by atoms with Gasteiger partial charge in [-0.3, -0.25) is 0 Å². The van der Waals surface area contributed by atoms with E-state index in [9.17, 15) is 4.79 Å². The molecule has 64 valence electrons. The van der Waals surface area contributed by atoms with Crippen LogP contribution in [-0.2, 0) is 11.2 Å². The molecule has 0 amide bonds. The van der Waals surface area contributed by atoms with Gasteiger partial charge in [0.15, 0.2) is 0 Å². The number of halogens is 1. The van der Waals surface area contributed by atoms with Gasteiger partial charge < -0.3 is 4.79 Å². The predicted molar refractivity (Wildman–Crippen MR) is 53.6 cm³/mol. The summed E-state index contributed by atoms with van der Waals surface area (Å²) in [6.45, 7) is 2.11. The minimum Gasteiger partial charge on any atom is -0.302 e. The Morgan fingerprint density at radius 1 is 1.42 bits per heavy atom. The van der Waals surface area contributed by atoms with Gasteiger partial charge in [-0.25, -0.2) is 0 Å². The van der Waals surface area contributed by atoms with E-state index in [0.29, 0.717) is 0 Å². The van der Waals surface area contributed by atoms with Crippen LogP contribution in [0, 0.1) is 0 Å². The maximum absolute atomic E-state index is 10.4. The average molecular weight is 227 g/mol. The molecule has 0 radical (unpaired) electrons. The minimum absolute atomic E-state index is 0.164. The Balaban J connectivity index is 2.84. The number of carbonyl (C=O) groups is 1. The van der Waals surface area contributed by atoms with Gasteiger partial charge in [-0.05, 0) is 17.5 Å². The van der Waals surface area contributed by atoms with Gasteiger partial charge in [0.2, 0.25) is 0 Å². The summed E-state index contributed by atoms with van der Waals surface area (Å²) in [5, 5.41) is 0. The highest BCUT2D eigenvalue weighted by molar-refractivity contribution is 9.09. The van der Waals surface area contributed by atoms with E-state index < -0.39 is 0 Å². The third kappa shape index (κ3) is 2.18. The van der Waals surface area contributed by atoms with Gasteiger partial charge in [-0.1, -0.05) is 47.1 Å². The van der Waals surface area contributed by atoms with Crippen LogP contribution in [0.3, 0.4) is 0 Å². The van der Waals surface area contributed by atoms with Gasteiger partial charge in [0.05, 0.1) is 4.83 Å². The second-order valence-electron chi connectivity index (χ2n) is 2.63. The molecule has 12 heavy (non-hydrogen) atoms. The summed E-state index contributed by atoms with van der Waals surface area (Å²) >= 11 is 3.26. The molecule has 0 aliphatic heterocycles. The van der Waals surface area contributed by atoms with Crippen LogP contribution in [0.2, 0.25) is 0 Å². The third-order valence-corrected chi connectivity index (χ3v) is 2.57. The van der Waals surface area contributed by atoms with Gasteiger partial charge >= 0.3 is 0 Å². The maximum atomic E-state index is 10.4. The highest BCUT2D eigenvalue weighted by Gasteiger charge is 2.03. The molecule has 0 aliphatic carbocycles. The lowest BCUT2D eigenvalue weighted by atomic mass is 10.1. The Morgan fingerprint density at radius 2 is 2.00 bits per heavy atom. The first-order chi connectivity index (χ1) is 5.77. The van der Waals surface area contributed by atoms with Crippen molar-refractivity contribution >= 4 is 22.2 Å². The highest BCUT2D eigenvalue weighted by atomic mass is 79.9. The number of hydrogen-bond acceptors (Lipinski definition) is 1. The van der Waals surface area contributed by atoms with Gasteiger partial charge in [0, 0.05) is 0 Å². The van der Waals surface area contributed by atoms with Crippen molar-refractivity contribution in [2.45, 2.75) is 18.2 Å². The lowest BCUT2D eigenvalue weighted by molar-refractivity contribution is -0.107. The molecule has 0 heterocycles. The maximum Gasteiger partial charge on any atom is 0.138 e. The molecule has 0 aliphatic rings. The van der Waals surface area contributed by atoms with Crippen LogP contribution < -0.4 is 0 Å². The molecule has 1 aromatic rings. The molecule has 1 nitrogen and oxygen atoms in total. The first kappa shape index (κ1) is 9.46. The van der Waals surface area contributed by atoms with Crippen molar-refractivity contribution in [3.05, 3.63) is 35.4 Å². The van der Waals surface area contributed by atoms with E-state index >= 15 is 0 Å². The number of hydrogen-bond donors (Lipinski definition) is 0. The molecule has 1 unspecified atom stereocenters. The minimum atomic E-state index is -0.164. The summed E-state index contributed by atoms with van der Waals surface area (Å²) < 4.78 is 0. The topological polar surface area (TPSA) is 17.1 Å². The lowest BCUT2D eigenvalue weighted by Gasteiger charge is -2.02. The van der Waals surface area contributed by atoms with Crippen molar-refractivity contribution in [3.8, 4) is 0 Å². The van der Waals surface area contributed by atoms with E-state index in [2.05, 4.69) is 22.9 Å². The van der Waals surface area contributed by atoms with E-state index in [1.54, 1.807) is 0 Å². The van der Waals surface area contributed by atoms with E-state index in [1.807, 2.05) is 24.3 Å². The molecule has 1 rings (SSSR count). The van der Waals surface area contributed by atoms with E-state index in [4.69, 9.17) is 0 Å². The fourth-order valence-electron chi connectivity index (χ4n) is 1.02. The second kappa shape index (κ2) is 4.41. The highest BCUT2D eigenvalue weighted by Crippen LogP contribution is 2.20. The Morgan fingerprint density at radius 3 is 2.42 bits per heavy atom. The van der Waals surface area contributed by atoms with Gasteiger partial charge in [-0.15, -0.1) is 0 Å². The fourth-order valence-corrected chi connectivity index (χ4v) is 1.32. The van der Waals surface area contributed by atoms with Crippen molar-refractivity contribution in [3.63, 3.8) is 0 Å². The van der Waals surface area contributed by atoms with E-state index in [1.165, 1.54) is 5.56 Å². The smallest absolute Gasteiger partial charge is 0.138 e. The van der Waals surface area contributed by atoms with E-state index in [-0.39, 0.29) is 4.83 Å². The van der Waals surface area contributed by atoms with Crippen molar-refractivity contribution < 1.29 is 4.79 Å². The van der Waals surface area contributed by atoms with Crippen molar-refractivity contribution in [2.75, 3.05) is 0 Å². The number of aryl methyl sites for hydroxylation is 1. The zero-order chi connectivity index (χ0) is 8.97. The molecule has 2 heteroatoms. The molecular formula is C10H11BrO. The average Bonchev–Trinajstić information content (AvgIpc) is 2.17. The molecule has 0 fully saturated rings. The number of alkyl halides is 1. The fraction of sp³-hybridized carbons (Fsp3) is 0.300. The van der Waals surface area contributed by atoms with Crippen molar-refractivity contribution in [2.24, 2.45) is 0 Å². The summed E-state index contributed by atoms with van der Waals surface area (Å²) in [5.74, 6) is 0. The third-order valence-electron chi connectivity index (χ3n) is 1.83. The zero-order valence-corrected chi connectivity index (χ0v) is 8.54. The van der Waals surface area contributed by atoms with Crippen LogP contribution in [0.1, 0.15) is 22.9 Å². The lowest BCUT2D eigenvalue weighted by Crippen LogP contribution is -1.90. The SMILES string of the molecule is CCc1ccc(C(Br)C=O)cc1. The van der Waals surface area contributed by atoms with Crippen LogP contribution in [-0.4, -0.2) is 6.29 Å². The molecular weight excluding hydrogens is 216 g/mol. The second-order valence-corrected chi connectivity index (χ2v) is 3.62. The number of rotatable bonds is 3. The summed E-state index contributed by atoms with van der Waals surface area (Å²) in [5.41, 5.74) is 2.31. The number of carbonyl (C=O) groups excluding carboxylic acids is 1. The van der Waals surface area contributed by atoms with Crippen molar-refractivity contribution in [1.82, 2.24) is 0 Å². The van der Waals surface area contributed by atoms with E-state index in [0.717, 1.165) is 18.3 Å². The first-order valence-corrected chi connectivity index (χ1v) is 4.87. The normalized spacial score (nSPS) is 12.5. The first-order valence-electron chi connectivity index (χ1n) is 3.96. The molecule has 1 atom stereocenters. The Bertz CT molecular complexity index is 253. The quantitative estimate of drug-likeness (QED) is 0.573. The van der Waals surface area contributed by atoms with Crippen LogP contribution >= 0.6 is 15.9 Å². The summed E-state index contributed by atoms with van der Waals surface area (Å²) in [6, 6.07) is 8.06. The number of aldehydes is 1. The molecule has 0 bridgehead atoms.